The molecule has 0 radical (unpaired) electrons. The largest absolute Gasteiger partial charge is 0.388 e. The Balaban J connectivity index is 4.99. The van der Waals surface area contributed by atoms with Gasteiger partial charge in [0, 0.05) is 13.1 Å². The molecule has 0 amide bonds. The second-order valence-electron chi connectivity index (χ2n) is 9.61. The number of rotatable bonds is 6. The van der Waals surface area contributed by atoms with Crippen molar-refractivity contribution in [2.45, 2.75) is 79.4 Å². The van der Waals surface area contributed by atoms with Crippen LogP contribution in [0.4, 0.5) is 0 Å². The number of hydrogen-bond acceptors (Lipinski definition) is 3. The molecule has 0 saturated heterocycles. The van der Waals surface area contributed by atoms with E-state index in [-0.39, 0.29) is 10.8 Å². The van der Waals surface area contributed by atoms with Crippen LogP contribution in [0.3, 0.4) is 0 Å². The fraction of sp³-hybridized carbons (Fsp3) is 0.941. The molecule has 0 aromatic heterocycles. The van der Waals surface area contributed by atoms with Crippen molar-refractivity contribution in [2.75, 3.05) is 13.1 Å². The van der Waals surface area contributed by atoms with Crippen molar-refractivity contribution in [1.29, 1.82) is 0 Å². The van der Waals surface area contributed by atoms with E-state index in [0.29, 0.717) is 30.3 Å². The summed E-state index contributed by atoms with van der Waals surface area (Å²) in [4.78, 5) is 1.80. The molecule has 2 N–H and O–H groups in total. The summed E-state index contributed by atoms with van der Waals surface area (Å²) in [7, 11) is 0. The number of aliphatic hydroxyl groups is 2. The van der Waals surface area contributed by atoms with Crippen molar-refractivity contribution in [3.63, 3.8) is 0 Å². The molecule has 0 aliphatic rings. The van der Waals surface area contributed by atoms with Crippen LogP contribution in [0.1, 0.15) is 68.2 Å². The molecule has 3 nitrogen and oxygen atoms in total. The van der Waals surface area contributed by atoms with Gasteiger partial charge < -0.3 is 15.1 Å². The van der Waals surface area contributed by atoms with Crippen LogP contribution in [-0.2, 0) is 0 Å². The van der Waals surface area contributed by atoms with Crippen LogP contribution in [0.15, 0.2) is 0 Å². The van der Waals surface area contributed by atoms with Crippen LogP contribution in [0.5, 0.6) is 0 Å². The fourth-order valence-corrected chi connectivity index (χ4v) is 3.68. The Morgan fingerprint density at radius 2 is 1.09 bits per heavy atom. The molecule has 2 atom stereocenters. The third-order valence-electron chi connectivity index (χ3n) is 3.16. The van der Waals surface area contributed by atoms with Gasteiger partial charge >= 0.3 is 0 Å². The first kappa shape index (κ1) is 22.2. The van der Waals surface area contributed by atoms with E-state index < -0.39 is 11.2 Å². The van der Waals surface area contributed by atoms with Crippen molar-refractivity contribution in [1.82, 2.24) is 4.90 Å². The second-order valence-corrected chi connectivity index (χ2v) is 10.7. The molecular formula is C17H35NO2S2. The Labute approximate surface area is 147 Å². The molecule has 0 aromatic carbocycles. The topological polar surface area (TPSA) is 43.7 Å². The monoisotopic (exact) mass is 349 g/mol. The van der Waals surface area contributed by atoms with Gasteiger partial charge in [0.2, 0.25) is 0 Å². The van der Waals surface area contributed by atoms with Crippen LogP contribution in [0, 0.1) is 10.8 Å². The van der Waals surface area contributed by atoms with Crippen LogP contribution in [-0.4, -0.2) is 43.7 Å². The SMILES string of the molecule is CC(C)(C)C[C@@](C)(O)CN(C[C@](C)(O)CC(C)(C)C)C(=S)S. The Bertz CT molecular complexity index is 349. The predicted molar refractivity (Wildman–Crippen MR) is 103 cm³/mol. The Morgan fingerprint density at radius 3 is 1.27 bits per heavy atom. The zero-order valence-corrected chi connectivity index (χ0v) is 17.2. The highest BCUT2D eigenvalue weighted by atomic mass is 32.1. The minimum absolute atomic E-state index is 0.0152. The Kier molecular flexibility index (Phi) is 7.42. The van der Waals surface area contributed by atoms with Crippen LogP contribution in [0.25, 0.3) is 0 Å². The van der Waals surface area contributed by atoms with Gasteiger partial charge in [0.15, 0.2) is 0 Å². The third-order valence-corrected chi connectivity index (χ3v) is 3.70. The molecule has 0 aromatic rings. The molecule has 0 aliphatic heterocycles. The molecule has 0 saturated carbocycles. The maximum Gasteiger partial charge on any atom is 0.133 e. The van der Waals surface area contributed by atoms with E-state index in [1.165, 1.54) is 0 Å². The molecule has 0 rings (SSSR count). The maximum atomic E-state index is 10.7. The van der Waals surface area contributed by atoms with Gasteiger partial charge in [-0.25, -0.2) is 0 Å². The van der Waals surface area contributed by atoms with Crippen molar-refractivity contribution in [3.8, 4) is 0 Å². The van der Waals surface area contributed by atoms with Gasteiger partial charge in [-0.15, -0.1) is 12.6 Å². The Hall–Kier alpha value is 0.160. The molecular weight excluding hydrogens is 314 g/mol. The van der Waals surface area contributed by atoms with Gasteiger partial charge in [0.1, 0.15) is 4.32 Å². The van der Waals surface area contributed by atoms with Gasteiger partial charge in [0.25, 0.3) is 0 Å². The van der Waals surface area contributed by atoms with E-state index in [2.05, 4.69) is 54.2 Å². The van der Waals surface area contributed by atoms with Gasteiger partial charge in [-0.2, -0.15) is 0 Å². The number of thiocarbonyl (C=S) groups is 1. The fourth-order valence-electron chi connectivity index (χ4n) is 3.41. The molecule has 0 unspecified atom stereocenters. The summed E-state index contributed by atoms with van der Waals surface area (Å²) in [6, 6.07) is 0. The standard InChI is InChI=1S/C17H35NO2S2/c1-14(2,3)9-16(7,19)11-18(13(21)22)12-17(8,20)10-15(4,5)6/h19-20H,9-12H2,1-8H3,(H,21,22)/t16-,17-/m1/s1. The Morgan fingerprint density at radius 1 is 0.818 bits per heavy atom. The van der Waals surface area contributed by atoms with Crippen LogP contribution in [0.2, 0.25) is 0 Å². The zero-order chi connectivity index (χ0) is 18.0. The second kappa shape index (κ2) is 7.37. The molecule has 0 heterocycles. The number of nitrogens with zero attached hydrogens (tertiary/aromatic N) is 1. The molecule has 0 bridgehead atoms. The van der Waals surface area contributed by atoms with Gasteiger partial charge in [-0.3, -0.25) is 0 Å². The molecule has 22 heavy (non-hydrogen) atoms. The zero-order valence-electron chi connectivity index (χ0n) is 15.5. The first-order valence-corrected chi connectivity index (χ1v) is 8.71. The van der Waals surface area contributed by atoms with E-state index in [1.807, 2.05) is 13.8 Å². The highest BCUT2D eigenvalue weighted by Crippen LogP contribution is 2.31. The average Bonchev–Trinajstić information content (AvgIpc) is 2.05. The van der Waals surface area contributed by atoms with Crippen molar-refractivity contribution < 1.29 is 10.2 Å². The van der Waals surface area contributed by atoms with E-state index in [4.69, 9.17) is 12.2 Å². The quantitative estimate of drug-likeness (QED) is 0.503. The lowest BCUT2D eigenvalue weighted by Gasteiger charge is -2.40. The van der Waals surface area contributed by atoms with Crippen molar-refractivity contribution in [3.05, 3.63) is 0 Å². The van der Waals surface area contributed by atoms with E-state index in [1.54, 1.807) is 4.90 Å². The first-order valence-electron chi connectivity index (χ1n) is 7.85. The molecule has 0 aliphatic carbocycles. The molecule has 0 fully saturated rings. The van der Waals surface area contributed by atoms with Gasteiger partial charge in [-0.1, -0.05) is 53.8 Å². The first-order chi connectivity index (χ1) is 9.43. The summed E-state index contributed by atoms with van der Waals surface area (Å²) in [5.41, 5.74) is -1.74. The normalized spacial score (nSPS) is 18.5. The van der Waals surface area contributed by atoms with Crippen LogP contribution >= 0.6 is 24.8 Å². The van der Waals surface area contributed by atoms with E-state index in [0.717, 1.165) is 0 Å². The summed E-state index contributed by atoms with van der Waals surface area (Å²) in [6.45, 7) is 17.0. The van der Waals surface area contributed by atoms with E-state index >= 15 is 0 Å². The molecule has 0 spiro atoms. The summed E-state index contributed by atoms with van der Waals surface area (Å²) >= 11 is 9.48. The minimum Gasteiger partial charge on any atom is -0.388 e. The molecule has 132 valence electrons. The van der Waals surface area contributed by atoms with Gasteiger partial charge in [-0.05, 0) is 37.5 Å². The lowest BCUT2D eigenvalue weighted by molar-refractivity contribution is -0.0302. The smallest absolute Gasteiger partial charge is 0.133 e. The highest BCUT2D eigenvalue weighted by molar-refractivity contribution is 8.10. The van der Waals surface area contributed by atoms with E-state index in [9.17, 15) is 10.2 Å². The van der Waals surface area contributed by atoms with Crippen molar-refractivity contribution >= 4 is 29.2 Å². The summed E-state index contributed by atoms with van der Waals surface area (Å²) in [5, 5.41) is 21.4. The summed E-state index contributed by atoms with van der Waals surface area (Å²) < 4.78 is 0.406. The van der Waals surface area contributed by atoms with Crippen LogP contribution < -0.4 is 0 Å². The van der Waals surface area contributed by atoms with Crippen molar-refractivity contribution in [2.24, 2.45) is 10.8 Å². The number of hydrogen-bond donors (Lipinski definition) is 3. The predicted octanol–water partition coefficient (Wildman–Crippen LogP) is 3.88. The average molecular weight is 350 g/mol. The minimum atomic E-state index is -0.886. The third kappa shape index (κ3) is 10.8. The number of thiol groups is 1. The molecule has 5 heteroatoms. The van der Waals surface area contributed by atoms with Gasteiger partial charge in [0.05, 0.1) is 11.2 Å². The lowest BCUT2D eigenvalue weighted by Crippen LogP contribution is -2.50. The maximum absolute atomic E-state index is 10.7. The highest BCUT2D eigenvalue weighted by Gasteiger charge is 2.34. The summed E-state index contributed by atoms with van der Waals surface area (Å²) in [6.07, 6.45) is 1.29. The summed E-state index contributed by atoms with van der Waals surface area (Å²) in [5.74, 6) is 0. The lowest BCUT2D eigenvalue weighted by atomic mass is 9.81.